The van der Waals surface area contributed by atoms with Gasteiger partial charge in [-0.3, -0.25) is 0 Å². The van der Waals surface area contributed by atoms with Crippen LogP contribution < -0.4 is 4.74 Å². The van der Waals surface area contributed by atoms with Gasteiger partial charge in [0.1, 0.15) is 11.5 Å². The second-order valence-corrected chi connectivity index (χ2v) is 14.1. The van der Waals surface area contributed by atoms with Crippen LogP contribution in [0, 0.1) is 0 Å². The van der Waals surface area contributed by atoms with Gasteiger partial charge in [0.15, 0.2) is 5.82 Å². The molecule has 0 saturated carbocycles. The van der Waals surface area contributed by atoms with E-state index >= 15 is 0 Å². The lowest BCUT2D eigenvalue weighted by atomic mass is 9.63. The summed E-state index contributed by atoms with van der Waals surface area (Å²) in [6.45, 7) is 0. The molecule has 0 N–H and O–H groups in total. The van der Waals surface area contributed by atoms with Crippen molar-refractivity contribution < 1.29 is 4.74 Å². The van der Waals surface area contributed by atoms with E-state index < -0.39 is 5.41 Å². The van der Waals surface area contributed by atoms with E-state index in [2.05, 4.69) is 194 Å². The molecule has 0 spiro atoms. The Hall–Kier alpha value is -7.36. The molecule has 0 radical (unpaired) electrons. The molecule has 8 aromatic carbocycles. The van der Waals surface area contributed by atoms with Crippen LogP contribution in [-0.2, 0) is 5.41 Å². The first-order chi connectivity index (χ1) is 27.7. The van der Waals surface area contributed by atoms with E-state index in [1.807, 2.05) is 24.3 Å². The Labute approximate surface area is 327 Å². The lowest BCUT2D eigenvalue weighted by Gasteiger charge is -2.41. The molecule has 3 nitrogen and oxygen atoms in total. The first-order valence-electron chi connectivity index (χ1n) is 19.0. The maximum atomic E-state index is 6.53. The van der Waals surface area contributed by atoms with Crippen molar-refractivity contribution in [2.24, 2.45) is 0 Å². The molecule has 0 fully saturated rings. The summed E-state index contributed by atoms with van der Waals surface area (Å²) in [4.78, 5) is 10.4. The molecule has 1 aliphatic heterocycles. The third kappa shape index (κ3) is 5.87. The number of benzene rings is 8. The number of hydrogen-bond donors (Lipinski definition) is 0. The fraction of sp³-hybridized carbons (Fsp3) is 0.0189. The van der Waals surface area contributed by atoms with Crippen LogP contribution in [0.5, 0.6) is 11.5 Å². The summed E-state index contributed by atoms with van der Waals surface area (Å²) in [5.41, 5.74) is 13.4. The van der Waals surface area contributed by atoms with Crippen molar-refractivity contribution in [3.63, 3.8) is 0 Å². The second-order valence-electron chi connectivity index (χ2n) is 14.1. The van der Waals surface area contributed by atoms with Crippen molar-refractivity contribution in [1.29, 1.82) is 0 Å². The number of para-hydroxylation sites is 2. The minimum absolute atomic E-state index is 0.589. The summed E-state index contributed by atoms with van der Waals surface area (Å²) in [6, 6.07) is 76.7. The molecule has 0 atom stereocenters. The standard InChI is InChI=1S/C53H36N2O/c1-4-14-37(15-5-1)39-24-28-41(29-25-39)48-36-49(55-52(54-48)43-30-26-40(27-31-43)38-16-6-2-7-17-38)42-32-34-45(35-33-42)53(44-18-8-3-9-19-44)46-20-10-12-22-50(46)56-51-23-13-11-21-47(51)53/h1-36H. The molecule has 1 aliphatic rings. The quantitative estimate of drug-likeness (QED) is 0.165. The third-order valence-corrected chi connectivity index (χ3v) is 10.9. The van der Waals surface area contributed by atoms with E-state index in [0.717, 1.165) is 61.8 Å². The van der Waals surface area contributed by atoms with E-state index in [9.17, 15) is 0 Å². The van der Waals surface area contributed by atoms with Crippen LogP contribution in [0.4, 0.5) is 0 Å². The van der Waals surface area contributed by atoms with E-state index in [1.54, 1.807) is 0 Å². The number of fused-ring (bicyclic) bond motifs is 2. The Balaban J connectivity index is 1.10. The topological polar surface area (TPSA) is 35.0 Å². The highest BCUT2D eigenvalue weighted by atomic mass is 16.5. The van der Waals surface area contributed by atoms with Crippen molar-refractivity contribution in [2.45, 2.75) is 5.41 Å². The van der Waals surface area contributed by atoms with Crippen molar-refractivity contribution in [3.05, 3.63) is 241 Å². The summed E-state index contributed by atoms with van der Waals surface area (Å²) in [5.74, 6) is 2.41. The van der Waals surface area contributed by atoms with Crippen molar-refractivity contribution in [1.82, 2.24) is 9.97 Å². The van der Waals surface area contributed by atoms with Gasteiger partial charge in [-0.2, -0.15) is 0 Å². The van der Waals surface area contributed by atoms with Gasteiger partial charge in [-0.05, 0) is 51.6 Å². The van der Waals surface area contributed by atoms with Crippen molar-refractivity contribution in [3.8, 4) is 67.7 Å². The zero-order valence-corrected chi connectivity index (χ0v) is 30.6. The zero-order chi connectivity index (χ0) is 37.3. The van der Waals surface area contributed by atoms with Crippen LogP contribution in [0.2, 0.25) is 0 Å². The number of nitrogens with zero attached hydrogens (tertiary/aromatic N) is 2. The molecule has 0 amide bonds. The molecule has 0 unspecified atom stereocenters. The smallest absolute Gasteiger partial charge is 0.160 e. The third-order valence-electron chi connectivity index (χ3n) is 10.9. The number of aromatic nitrogens is 2. The molecular formula is C53H36N2O. The number of ether oxygens (including phenoxy) is 1. The minimum atomic E-state index is -0.589. The summed E-state index contributed by atoms with van der Waals surface area (Å²) < 4.78 is 6.53. The summed E-state index contributed by atoms with van der Waals surface area (Å²) in [5, 5.41) is 0. The van der Waals surface area contributed by atoms with Gasteiger partial charge in [0.2, 0.25) is 0 Å². The van der Waals surface area contributed by atoms with Crippen LogP contribution in [0.15, 0.2) is 218 Å². The molecule has 0 saturated heterocycles. The molecule has 9 aromatic rings. The fourth-order valence-electron chi connectivity index (χ4n) is 8.14. The van der Waals surface area contributed by atoms with Crippen LogP contribution in [0.25, 0.3) is 56.2 Å². The molecule has 0 aliphatic carbocycles. The average Bonchev–Trinajstić information content (AvgIpc) is 3.29. The van der Waals surface area contributed by atoms with Crippen LogP contribution in [-0.4, -0.2) is 9.97 Å². The highest BCUT2D eigenvalue weighted by Gasteiger charge is 2.45. The summed E-state index contributed by atoms with van der Waals surface area (Å²) in [6.07, 6.45) is 0. The van der Waals surface area contributed by atoms with Gasteiger partial charge in [-0.15, -0.1) is 0 Å². The van der Waals surface area contributed by atoms with Crippen LogP contribution in [0.3, 0.4) is 0 Å². The largest absolute Gasteiger partial charge is 0.457 e. The SMILES string of the molecule is c1ccc(-c2ccc(-c3cc(-c4ccc(C5(c6ccccc6)c6ccccc6Oc6ccccc65)cc4)nc(-c4ccc(-c5ccccc5)cc4)n3)cc2)cc1. The van der Waals surface area contributed by atoms with Crippen LogP contribution >= 0.6 is 0 Å². The fourth-order valence-corrected chi connectivity index (χ4v) is 8.14. The van der Waals surface area contributed by atoms with Gasteiger partial charge in [0.05, 0.1) is 16.8 Å². The highest BCUT2D eigenvalue weighted by Crippen LogP contribution is 2.55. The predicted octanol–water partition coefficient (Wildman–Crippen LogP) is 13.3. The van der Waals surface area contributed by atoms with Crippen molar-refractivity contribution >= 4 is 0 Å². The minimum Gasteiger partial charge on any atom is -0.457 e. The van der Waals surface area contributed by atoms with Gasteiger partial charge < -0.3 is 4.74 Å². The van der Waals surface area contributed by atoms with Gasteiger partial charge in [0, 0.05) is 27.8 Å². The van der Waals surface area contributed by atoms with Gasteiger partial charge in [-0.1, -0.05) is 200 Å². The molecule has 3 heteroatoms. The molecule has 264 valence electrons. The Morgan fingerprint density at radius 3 is 1.16 bits per heavy atom. The zero-order valence-electron chi connectivity index (χ0n) is 30.6. The first-order valence-corrected chi connectivity index (χ1v) is 19.0. The molecule has 10 rings (SSSR count). The molecule has 2 heterocycles. The Morgan fingerprint density at radius 1 is 0.304 bits per heavy atom. The normalized spacial score (nSPS) is 12.6. The monoisotopic (exact) mass is 716 g/mol. The lowest BCUT2D eigenvalue weighted by molar-refractivity contribution is 0.434. The van der Waals surface area contributed by atoms with Gasteiger partial charge in [0.25, 0.3) is 0 Å². The molecule has 0 bridgehead atoms. The van der Waals surface area contributed by atoms with Crippen molar-refractivity contribution in [2.75, 3.05) is 0 Å². The second kappa shape index (κ2) is 14.1. The van der Waals surface area contributed by atoms with E-state index in [1.165, 1.54) is 22.3 Å². The molecule has 1 aromatic heterocycles. The Bertz CT molecular complexity index is 2630. The highest BCUT2D eigenvalue weighted by molar-refractivity contribution is 5.76. The molecule has 56 heavy (non-hydrogen) atoms. The Kier molecular flexibility index (Phi) is 8.38. The van der Waals surface area contributed by atoms with E-state index in [0.29, 0.717) is 5.82 Å². The van der Waals surface area contributed by atoms with E-state index in [4.69, 9.17) is 14.7 Å². The number of hydrogen-bond acceptors (Lipinski definition) is 3. The van der Waals surface area contributed by atoms with E-state index in [-0.39, 0.29) is 0 Å². The van der Waals surface area contributed by atoms with Gasteiger partial charge in [-0.25, -0.2) is 9.97 Å². The van der Waals surface area contributed by atoms with Gasteiger partial charge >= 0.3 is 0 Å². The number of rotatable bonds is 7. The lowest BCUT2D eigenvalue weighted by Crippen LogP contribution is -2.34. The summed E-state index contributed by atoms with van der Waals surface area (Å²) >= 11 is 0. The Morgan fingerprint density at radius 2 is 0.661 bits per heavy atom. The maximum absolute atomic E-state index is 6.53. The maximum Gasteiger partial charge on any atom is 0.160 e. The first kappa shape index (κ1) is 33.2. The summed E-state index contributed by atoms with van der Waals surface area (Å²) in [7, 11) is 0. The average molecular weight is 717 g/mol. The predicted molar refractivity (Wildman–Crippen MR) is 228 cm³/mol. The van der Waals surface area contributed by atoms with Crippen LogP contribution in [0.1, 0.15) is 22.3 Å². The molecular weight excluding hydrogens is 681 g/mol.